The molecule has 0 radical (unpaired) electrons. The molecule has 1 aromatic heterocycles. The highest BCUT2D eigenvalue weighted by atomic mass is 35.5. The number of methoxy groups -OCH3 is 1. The third kappa shape index (κ3) is 3.98. The monoisotopic (exact) mass is 391 g/mol. The second-order valence-electron chi connectivity index (χ2n) is 5.32. The largest absolute Gasteiger partial charge is 0.494 e. The molecule has 3 aromatic rings. The Morgan fingerprint density at radius 2 is 1.88 bits per heavy atom. The minimum atomic E-state index is -0.392. The summed E-state index contributed by atoms with van der Waals surface area (Å²) in [6.45, 7) is 0.293. The molecule has 0 aliphatic carbocycles. The van der Waals surface area contributed by atoms with Crippen molar-refractivity contribution in [2.24, 2.45) is 0 Å². The van der Waals surface area contributed by atoms with Gasteiger partial charge in [0, 0.05) is 18.5 Å². The summed E-state index contributed by atoms with van der Waals surface area (Å²) in [5, 5.41) is 7.26. The Balaban J connectivity index is 1.63. The zero-order valence-electron chi connectivity index (χ0n) is 13.8. The van der Waals surface area contributed by atoms with Crippen LogP contribution in [0.25, 0.3) is 11.4 Å². The minimum Gasteiger partial charge on any atom is -0.494 e. The van der Waals surface area contributed by atoms with Crippen molar-refractivity contribution in [1.29, 1.82) is 0 Å². The number of rotatable bonds is 6. The van der Waals surface area contributed by atoms with E-state index in [9.17, 15) is 4.79 Å². The van der Waals surface area contributed by atoms with Gasteiger partial charge in [0.2, 0.25) is 11.7 Å². The van der Waals surface area contributed by atoms with Crippen LogP contribution in [0.2, 0.25) is 10.0 Å². The summed E-state index contributed by atoms with van der Waals surface area (Å²) >= 11 is 12.1. The van der Waals surface area contributed by atoms with E-state index in [1.54, 1.807) is 12.1 Å². The molecule has 26 heavy (non-hydrogen) atoms. The van der Waals surface area contributed by atoms with Crippen molar-refractivity contribution >= 4 is 29.1 Å². The molecule has 1 N–H and O–H groups in total. The van der Waals surface area contributed by atoms with Gasteiger partial charge in [0.05, 0.1) is 17.2 Å². The van der Waals surface area contributed by atoms with Gasteiger partial charge in [-0.1, -0.05) is 58.7 Å². The SMILES string of the molecule is COc1c(Cl)ccc(Cl)c1C(=O)NCCc1nc(-c2ccccc2)no1. The average molecular weight is 392 g/mol. The summed E-state index contributed by atoms with van der Waals surface area (Å²) in [6.07, 6.45) is 0.381. The van der Waals surface area contributed by atoms with Crippen LogP contribution in [0.4, 0.5) is 0 Å². The normalized spacial score (nSPS) is 10.6. The van der Waals surface area contributed by atoms with Crippen LogP contribution < -0.4 is 10.1 Å². The lowest BCUT2D eigenvalue weighted by Gasteiger charge is -2.11. The number of ether oxygens (including phenoxy) is 1. The number of nitrogens with one attached hydrogen (secondary N) is 1. The first kappa shape index (κ1) is 18.2. The van der Waals surface area contributed by atoms with Gasteiger partial charge in [0.15, 0.2) is 5.75 Å². The lowest BCUT2D eigenvalue weighted by Crippen LogP contribution is -2.26. The van der Waals surface area contributed by atoms with E-state index >= 15 is 0 Å². The van der Waals surface area contributed by atoms with Crippen LogP contribution in [-0.2, 0) is 6.42 Å². The molecule has 0 bridgehead atoms. The predicted molar refractivity (Wildman–Crippen MR) is 98.8 cm³/mol. The molecule has 0 aliphatic heterocycles. The highest BCUT2D eigenvalue weighted by Gasteiger charge is 2.19. The Hall–Kier alpha value is -2.57. The van der Waals surface area contributed by atoms with Gasteiger partial charge in [0.1, 0.15) is 5.56 Å². The number of halogens is 2. The highest BCUT2D eigenvalue weighted by Crippen LogP contribution is 2.33. The predicted octanol–water partition coefficient (Wildman–Crippen LogP) is 4.02. The third-order valence-electron chi connectivity index (χ3n) is 3.61. The van der Waals surface area contributed by atoms with Crippen molar-refractivity contribution in [3.8, 4) is 17.1 Å². The molecule has 0 unspecified atom stereocenters. The van der Waals surface area contributed by atoms with Crippen LogP contribution in [0, 0.1) is 0 Å². The van der Waals surface area contributed by atoms with E-state index in [1.807, 2.05) is 30.3 Å². The molecule has 0 saturated carbocycles. The topological polar surface area (TPSA) is 77.2 Å². The number of aromatic nitrogens is 2. The van der Waals surface area contributed by atoms with Crippen molar-refractivity contribution in [2.45, 2.75) is 6.42 Å². The lowest BCUT2D eigenvalue weighted by atomic mass is 10.2. The van der Waals surface area contributed by atoms with Gasteiger partial charge >= 0.3 is 0 Å². The van der Waals surface area contributed by atoms with Gasteiger partial charge in [0.25, 0.3) is 5.91 Å². The number of nitrogens with zero attached hydrogens (tertiary/aromatic N) is 2. The number of carbonyl (C=O) groups is 1. The van der Waals surface area contributed by atoms with Gasteiger partial charge in [-0.2, -0.15) is 4.98 Å². The number of benzene rings is 2. The van der Waals surface area contributed by atoms with E-state index in [2.05, 4.69) is 15.5 Å². The van der Waals surface area contributed by atoms with Gasteiger partial charge in [-0.25, -0.2) is 0 Å². The molecule has 0 fully saturated rings. The maximum atomic E-state index is 12.4. The van der Waals surface area contributed by atoms with Crippen LogP contribution in [-0.4, -0.2) is 29.7 Å². The molecular weight excluding hydrogens is 377 g/mol. The molecule has 0 spiro atoms. The maximum absolute atomic E-state index is 12.4. The number of hydrogen-bond donors (Lipinski definition) is 1. The first-order chi connectivity index (χ1) is 12.6. The molecule has 1 heterocycles. The molecule has 6 nitrogen and oxygen atoms in total. The quantitative estimate of drug-likeness (QED) is 0.686. The lowest BCUT2D eigenvalue weighted by molar-refractivity contribution is 0.0950. The average Bonchev–Trinajstić information content (AvgIpc) is 3.13. The van der Waals surface area contributed by atoms with Gasteiger partial charge < -0.3 is 14.6 Å². The van der Waals surface area contributed by atoms with Crippen molar-refractivity contribution in [3.05, 3.63) is 64.0 Å². The second kappa shape index (κ2) is 8.21. The van der Waals surface area contributed by atoms with Crippen molar-refractivity contribution in [3.63, 3.8) is 0 Å². The van der Waals surface area contributed by atoms with Gasteiger partial charge in [-0.3, -0.25) is 4.79 Å². The van der Waals surface area contributed by atoms with E-state index in [4.69, 9.17) is 32.5 Å². The second-order valence-corrected chi connectivity index (χ2v) is 6.14. The summed E-state index contributed by atoms with van der Waals surface area (Å²) in [5.41, 5.74) is 1.05. The van der Waals surface area contributed by atoms with Crippen molar-refractivity contribution in [1.82, 2.24) is 15.5 Å². The minimum absolute atomic E-state index is 0.192. The Bertz CT molecular complexity index is 913. The van der Waals surface area contributed by atoms with Crippen LogP contribution in [0.3, 0.4) is 0 Å². The van der Waals surface area contributed by atoms with Gasteiger partial charge in [-0.15, -0.1) is 0 Å². The van der Waals surface area contributed by atoms with Crippen LogP contribution in [0.15, 0.2) is 47.0 Å². The van der Waals surface area contributed by atoms with E-state index in [1.165, 1.54) is 7.11 Å². The first-order valence-corrected chi connectivity index (χ1v) is 8.54. The summed E-state index contributed by atoms with van der Waals surface area (Å²) in [4.78, 5) is 16.7. The fraction of sp³-hybridized carbons (Fsp3) is 0.167. The first-order valence-electron chi connectivity index (χ1n) is 7.78. The summed E-state index contributed by atoms with van der Waals surface area (Å²) in [7, 11) is 1.43. The standard InChI is InChI=1S/C18H15Cl2N3O3/c1-25-16-13(20)8-7-12(19)15(16)18(24)21-10-9-14-22-17(23-26-14)11-5-3-2-4-6-11/h2-8H,9-10H2,1H3,(H,21,24). The summed E-state index contributed by atoms with van der Waals surface area (Å²) in [5.74, 6) is 0.776. The molecule has 3 rings (SSSR count). The molecule has 134 valence electrons. The Morgan fingerprint density at radius 1 is 1.15 bits per heavy atom. The molecule has 8 heteroatoms. The fourth-order valence-corrected chi connectivity index (χ4v) is 2.85. The van der Waals surface area contributed by atoms with Gasteiger partial charge in [-0.05, 0) is 12.1 Å². The molecule has 0 saturated heterocycles. The number of carbonyl (C=O) groups excluding carboxylic acids is 1. The van der Waals surface area contributed by atoms with E-state index in [-0.39, 0.29) is 16.3 Å². The van der Waals surface area contributed by atoms with Crippen LogP contribution in [0.5, 0.6) is 5.75 Å². The summed E-state index contributed by atoms with van der Waals surface area (Å²) < 4.78 is 10.4. The molecule has 0 atom stereocenters. The number of hydrogen-bond acceptors (Lipinski definition) is 5. The molecular formula is C18H15Cl2N3O3. The van der Waals surface area contributed by atoms with Crippen LogP contribution in [0.1, 0.15) is 16.2 Å². The summed E-state index contributed by atoms with van der Waals surface area (Å²) in [6, 6.07) is 12.6. The molecule has 1 amide bonds. The van der Waals surface area contributed by atoms with E-state index in [0.717, 1.165) is 5.56 Å². The zero-order chi connectivity index (χ0) is 18.5. The molecule has 2 aromatic carbocycles. The Morgan fingerprint density at radius 3 is 2.62 bits per heavy atom. The molecule has 0 aliphatic rings. The Labute approximate surface area is 160 Å². The zero-order valence-corrected chi connectivity index (χ0v) is 15.3. The smallest absolute Gasteiger partial charge is 0.256 e. The number of amides is 1. The Kier molecular flexibility index (Phi) is 5.75. The van der Waals surface area contributed by atoms with Crippen LogP contribution >= 0.6 is 23.2 Å². The third-order valence-corrected chi connectivity index (χ3v) is 4.23. The van der Waals surface area contributed by atoms with Crippen molar-refractivity contribution in [2.75, 3.05) is 13.7 Å². The maximum Gasteiger partial charge on any atom is 0.256 e. The van der Waals surface area contributed by atoms with Crippen molar-refractivity contribution < 1.29 is 14.1 Å². The van der Waals surface area contributed by atoms with E-state index < -0.39 is 5.91 Å². The highest BCUT2D eigenvalue weighted by molar-refractivity contribution is 6.37. The fourth-order valence-electron chi connectivity index (χ4n) is 2.38. The van der Waals surface area contributed by atoms with E-state index in [0.29, 0.717) is 29.7 Å².